The maximum atomic E-state index is 5.21. The monoisotopic (exact) mass is 307 g/mol. The summed E-state index contributed by atoms with van der Waals surface area (Å²) in [6.45, 7) is 4.03. The second-order valence-electron chi connectivity index (χ2n) is 6.67. The van der Waals surface area contributed by atoms with Gasteiger partial charge in [-0.15, -0.1) is 5.10 Å². The van der Waals surface area contributed by atoms with E-state index in [4.69, 9.17) is 4.74 Å². The molecule has 4 heteroatoms. The second kappa shape index (κ2) is 10.8. The Labute approximate surface area is 135 Å². The molecule has 0 aliphatic carbocycles. The van der Waals surface area contributed by atoms with Crippen LogP contribution in [-0.4, -0.2) is 27.7 Å². The van der Waals surface area contributed by atoms with Crippen molar-refractivity contribution in [1.82, 2.24) is 15.0 Å². The van der Waals surface area contributed by atoms with Crippen molar-refractivity contribution in [3.8, 4) is 0 Å². The Balaban J connectivity index is 1.37. The summed E-state index contributed by atoms with van der Waals surface area (Å²) in [5.41, 5.74) is 1.14. The van der Waals surface area contributed by atoms with Crippen molar-refractivity contribution in [2.45, 2.75) is 96.6 Å². The number of aryl methyl sites for hydroxylation is 1. The van der Waals surface area contributed by atoms with E-state index in [0.717, 1.165) is 25.3 Å². The van der Waals surface area contributed by atoms with E-state index in [1.807, 2.05) is 4.68 Å². The molecule has 1 saturated heterocycles. The summed E-state index contributed by atoms with van der Waals surface area (Å²) in [5.74, 6) is 0. The molecule has 1 atom stereocenters. The summed E-state index contributed by atoms with van der Waals surface area (Å²) < 4.78 is 7.13. The van der Waals surface area contributed by atoms with Gasteiger partial charge in [-0.05, 0) is 12.8 Å². The number of hydrogen-bond acceptors (Lipinski definition) is 3. The van der Waals surface area contributed by atoms with Gasteiger partial charge in [0.05, 0.1) is 18.8 Å². The van der Waals surface area contributed by atoms with E-state index in [-0.39, 0.29) is 0 Å². The van der Waals surface area contributed by atoms with Crippen LogP contribution < -0.4 is 0 Å². The Hall–Kier alpha value is -0.900. The van der Waals surface area contributed by atoms with Gasteiger partial charge in [-0.25, -0.2) is 4.68 Å². The summed E-state index contributed by atoms with van der Waals surface area (Å²) >= 11 is 0. The molecular weight excluding hydrogens is 274 g/mol. The number of rotatable bonds is 14. The first-order valence-corrected chi connectivity index (χ1v) is 9.39. The first-order valence-electron chi connectivity index (χ1n) is 9.39. The van der Waals surface area contributed by atoms with Crippen LogP contribution in [0.2, 0.25) is 0 Å². The van der Waals surface area contributed by atoms with Crippen LogP contribution in [0.4, 0.5) is 0 Å². The van der Waals surface area contributed by atoms with Gasteiger partial charge in [-0.1, -0.05) is 76.3 Å². The number of nitrogens with zero attached hydrogens (tertiary/aromatic N) is 3. The molecule has 0 bridgehead atoms. The molecule has 1 aromatic heterocycles. The third kappa shape index (κ3) is 7.92. The van der Waals surface area contributed by atoms with Crippen LogP contribution in [0.5, 0.6) is 0 Å². The summed E-state index contributed by atoms with van der Waals surface area (Å²) in [6, 6.07) is 0. The highest BCUT2D eigenvalue weighted by Crippen LogP contribution is 2.13. The minimum absolute atomic E-state index is 0.386. The van der Waals surface area contributed by atoms with Gasteiger partial charge in [0.1, 0.15) is 6.10 Å². The summed E-state index contributed by atoms with van der Waals surface area (Å²) in [4.78, 5) is 0. The van der Waals surface area contributed by atoms with Crippen molar-refractivity contribution >= 4 is 0 Å². The van der Waals surface area contributed by atoms with Gasteiger partial charge in [-0.3, -0.25) is 0 Å². The van der Waals surface area contributed by atoms with Gasteiger partial charge in [-0.2, -0.15) is 0 Å². The first kappa shape index (κ1) is 17.5. The Kier molecular flexibility index (Phi) is 8.54. The van der Waals surface area contributed by atoms with Crippen LogP contribution in [0.25, 0.3) is 0 Å². The van der Waals surface area contributed by atoms with Crippen LogP contribution in [0.3, 0.4) is 0 Å². The lowest BCUT2D eigenvalue weighted by atomic mass is 10.0. The lowest BCUT2D eigenvalue weighted by molar-refractivity contribution is 0.371. The molecule has 0 radical (unpaired) electrons. The molecule has 4 nitrogen and oxygen atoms in total. The minimum atomic E-state index is 0.386. The van der Waals surface area contributed by atoms with Crippen molar-refractivity contribution in [3.05, 3.63) is 11.9 Å². The number of hydrogen-bond donors (Lipinski definition) is 0. The Bertz CT molecular complexity index is 387. The van der Waals surface area contributed by atoms with Gasteiger partial charge in [0, 0.05) is 6.20 Å². The Morgan fingerprint density at radius 1 is 1.00 bits per heavy atom. The molecule has 22 heavy (non-hydrogen) atoms. The fraction of sp³-hybridized carbons (Fsp3) is 0.889. The van der Waals surface area contributed by atoms with Gasteiger partial charge < -0.3 is 4.74 Å². The Morgan fingerprint density at radius 3 is 2.18 bits per heavy atom. The molecule has 1 unspecified atom stereocenters. The van der Waals surface area contributed by atoms with E-state index in [9.17, 15) is 0 Å². The third-order valence-corrected chi connectivity index (χ3v) is 4.42. The smallest absolute Gasteiger partial charge is 0.101 e. The third-order valence-electron chi connectivity index (χ3n) is 4.42. The van der Waals surface area contributed by atoms with Gasteiger partial charge in [0.15, 0.2) is 0 Å². The first-order chi connectivity index (χ1) is 10.9. The Morgan fingerprint density at radius 2 is 1.59 bits per heavy atom. The van der Waals surface area contributed by atoms with Crippen LogP contribution in [0.1, 0.15) is 83.2 Å². The van der Waals surface area contributed by atoms with Crippen LogP contribution in [0.15, 0.2) is 6.20 Å². The average Bonchev–Trinajstić information content (AvgIpc) is 3.22. The van der Waals surface area contributed by atoms with E-state index >= 15 is 0 Å². The maximum Gasteiger partial charge on any atom is 0.101 e. The number of aromatic nitrogens is 3. The quantitative estimate of drug-likeness (QED) is 0.374. The van der Waals surface area contributed by atoms with E-state index in [1.165, 1.54) is 70.6 Å². The van der Waals surface area contributed by atoms with Gasteiger partial charge in [0.2, 0.25) is 0 Å². The zero-order valence-corrected chi connectivity index (χ0v) is 14.3. The molecule has 2 rings (SSSR count). The maximum absolute atomic E-state index is 5.21. The molecule has 1 aliphatic heterocycles. The largest absolute Gasteiger partial charge is 0.371 e. The number of ether oxygens (including phenoxy) is 1. The standard InChI is InChI=1S/C18H33N3O/c1-2-3-4-5-6-7-8-9-10-11-12-13-17-14-21(20-19-17)15-18-16-22-18/h14,18H,2-13,15-16H2,1H3. The van der Waals surface area contributed by atoms with E-state index in [0.29, 0.717) is 6.10 Å². The fourth-order valence-corrected chi connectivity index (χ4v) is 2.89. The molecule has 2 heterocycles. The van der Waals surface area contributed by atoms with Crippen molar-refractivity contribution in [1.29, 1.82) is 0 Å². The molecule has 1 fully saturated rings. The lowest BCUT2D eigenvalue weighted by Crippen LogP contribution is -2.04. The molecule has 0 saturated carbocycles. The predicted octanol–water partition coefficient (Wildman–Crippen LogP) is 4.53. The van der Waals surface area contributed by atoms with Crippen LogP contribution in [0, 0.1) is 0 Å². The summed E-state index contributed by atoms with van der Waals surface area (Å²) in [5, 5.41) is 8.39. The lowest BCUT2D eigenvalue weighted by Gasteiger charge is -2.02. The van der Waals surface area contributed by atoms with Crippen molar-refractivity contribution in [2.75, 3.05) is 6.61 Å². The average molecular weight is 307 g/mol. The van der Waals surface area contributed by atoms with Crippen LogP contribution >= 0.6 is 0 Å². The molecule has 0 aromatic carbocycles. The number of epoxide rings is 1. The summed E-state index contributed by atoms with van der Waals surface area (Å²) in [6.07, 6.45) is 18.8. The van der Waals surface area contributed by atoms with Crippen molar-refractivity contribution in [3.63, 3.8) is 0 Å². The molecule has 126 valence electrons. The van der Waals surface area contributed by atoms with Crippen molar-refractivity contribution < 1.29 is 4.74 Å². The normalized spacial score (nSPS) is 17.0. The predicted molar refractivity (Wildman–Crippen MR) is 89.9 cm³/mol. The fourth-order valence-electron chi connectivity index (χ4n) is 2.89. The SMILES string of the molecule is CCCCCCCCCCCCCc1cn(CC2CO2)nn1. The van der Waals surface area contributed by atoms with Crippen LogP contribution in [-0.2, 0) is 17.7 Å². The molecule has 1 aromatic rings. The molecule has 0 amide bonds. The van der Waals surface area contributed by atoms with E-state index in [1.54, 1.807) is 0 Å². The molecule has 1 aliphatic rings. The zero-order valence-electron chi connectivity index (χ0n) is 14.3. The highest BCUT2D eigenvalue weighted by molar-refractivity contribution is 4.92. The minimum Gasteiger partial charge on any atom is -0.371 e. The topological polar surface area (TPSA) is 43.2 Å². The van der Waals surface area contributed by atoms with Crippen molar-refractivity contribution in [2.24, 2.45) is 0 Å². The van der Waals surface area contributed by atoms with E-state index in [2.05, 4.69) is 23.4 Å². The number of unbranched alkanes of at least 4 members (excludes halogenated alkanes) is 10. The van der Waals surface area contributed by atoms with Gasteiger partial charge >= 0.3 is 0 Å². The summed E-state index contributed by atoms with van der Waals surface area (Å²) in [7, 11) is 0. The second-order valence-corrected chi connectivity index (χ2v) is 6.67. The zero-order chi connectivity index (χ0) is 15.5. The van der Waals surface area contributed by atoms with E-state index < -0.39 is 0 Å². The highest BCUT2D eigenvalue weighted by atomic mass is 16.6. The molecule has 0 spiro atoms. The highest BCUT2D eigenvalue weighted by Gasteiger charge is 2.23. The molecule has 0 N–H and O–H groups in total. The van der Waals surface area contributed by atoms with Gasteiger partial charge in [0.25, 0.3) is 0 Å². The molecular formula is C18H33N3O.